The molecule has 1 saturated carbocycles. The van der Waals surface area contributed by atoms with E-state index in [0.717, 1.165) is 42.7 Å². The average Bonchev–Trinajstić information content (AvgIpc) is 2.84. The molecule has 5 heteroatoms. The Kier molecular flexibility index (Phi) is 3.78. The van der Waals surface area contributed by atoms with E-state index < -0.39 is 0 Å². The van der Waals surface area contributed by atoms with Gasteiger partial charge in [0.25, 0.3) is 0 Å². The smallest absolute Gasteiger partial charge is 0.221 e. The summed E-state index contributed by atoms with van der Waals surface area (Å²) in [5, 5.41) is 0. The molecule has 2 N–H and O–H groups in total. The van der Waals surface area contributed by atoms with Crippen LogP contribution >= 0.6 is 0 Å². The van der Waals surface area contributed by atoms with Crippen molar-refractivity contribution in [2.24, 2.45) is 17.6 Å². The molecule has 1 saturated heterocycles. The van der Waals surface area contributed by atoms with Gasteiger partial charge in [0.1, 0.15) is 12.1 Å². The molecule has 20 heavy (non-hydrogen) atoms. The maximum absolute atomic E-state index is 6.10. The number of rotatable bonds is 3. The lowest BCUT2D eigenvalue weighted by atomic mass is 9.79. The number of fused-ring (bicyclic) bond motifs is 1. The predicted molar refractivity (Wildman–Crippen MR) is 79.0 cm³/mol. The monoisotopic (exact) mass is 276 g/mol. The Balaban J connectivity index is 1.79. The molecule has 5 nitrogen and oxygen atoms in total. The normalized spacial score (nSPS) is 29.4. The minimum absolute atomic E-state index is 0.390. The molecule has 2 fully saturated rings. The Hall–Kier alpha value is -1.36. The molecule has 0 spiro atoms. The van der Waals surface area contributed by atoms with Crippen molar-refractivity contribution in [3.05, 3.63) is 11.9 Å². The topological polar surface area (TPSA) is 64.3 Å². The number of nitrogens with zero attached hydrogens (tertiary/aromatic N) is 3. The van der Waals surface area contributed by atoms with E-state index in [1.165, 1.54) is 12.8 Å². The van der Waals surface area contributed by atoms with Crippen molar-refractivity contribution in [3.63, 3.8) is 0 Å². The molecule has 0 aromatic carbocycles. The lowest BCUT2D eigenvalue weighted by Crippen LogP contribution is -2.32. The van der Waals surface area contributed by atoms with Crippen LogP contribution in [0.5, 0.6) is 5.88 Å². The first-order valence-corrected chi connectivity index (χ1v) is 7.64. The molecule has 3 rings (SSSR count). The zero-order chi connectivity index (χ0) is 14.1. The molecule has 1 aromatic rings. The third-order valence-corrected chi connectivity index (χ3v) is 4.68. The quantitative estimate of drug-likeness (QED) is 0.911. The molecule has 2 aliphatic rings. The third-order valence-electron chi connectivity index (χ3n) is 4.68. The molecule has 3 atom stereocenters. The number of anilines is 1. The maximum Gasteiger partial charge on any atom is 0.221 e. The van der Waals surface area contributed by atoms with E-state index in [2.05, 4.69) is 14.9 Å². The molecule has 1 aromatic heterocycles. The van der Waals surface area contributed by atoms with E-state index >= 15 is 0 Å². The average molecular weight is 276 g/mol. The van der Waals surface area contributed by atoms with E-state index in [9.17, 15) is 0 Å². The lowest BCUT2D eigenvalue weighted by molar-refractivity contribution is 0.271. The van der Waals surface area contributed by atoms with Crippen LogP contribution < -0.4 is 15.4 Å². The molecule has 110 valence electrons. The number of nitrogens with two attached hydrogens (primary N) is 1. The first-order valence-electron chi connectivity index (χ1n) is 7.64. The van der Waals surface area contributed by atoms with Gasteiger partial charge in [-0.05, 0) is 44.9 Å². The second kappa shape index (κ2) is 5.56. The van der Waals surface area contributed by atoms with Gasteiger partial charge in [-0.1, -0.05) is 0 Å². The van der Waals surface area contributed by atoms with Crippen LogP contribution in [0.15, 0.2) is 6.33 Å². The highest BCUT2D eigenvalue weighted by molar-refractivity contribution is 5.51. The lowest BCUT2D eigenvalue weighted by Gasteiger charge is -2.27. The molecule has 0 bridgehead atoms. The SMILES string of the molecule is CCOc1ncnc(N2C[C@H]3CCC(N)C[C@H]3C2)c1C. The molecular formula is C15H24N4O. The Bertz CT molecular complexity index is 479. The summed E-state index contributed by atoms with van der Waals surface area (Å²) >= 11 is 0. The van der Waals surface area contributed by atoms with E-state index in [1.807, 2.05) is 13.8 Å². The largest absolute Gasteiger partial charge is 0.478 e. The fourth-order valence-electron chi connectivity index (χ4n) is 3.67. The minimum atomic E-state index is 0.390. The zero-order valence-corrected chi connectivity index (χ0v) is 12.4. The summed E-state index contributed by atoms with van der Waals surface area (Å²) in [6.07, 6.45) is 5.19. The predicted octanol–water partition coefficient (Wildman–Crippen LogP) is 1.75. The van der Waals surface area contributed by atoms with Crippen molar-refractivity contribution < 1.29 is 4.74 Å². The highest BCUT2D eigenvalue weighted by Gasteiger charge is 2.37. The van der Waals surface area contributed by atoms with Crippen molar-refractivity contribution in [1.82, 2.24) is 9.97 Å². The standard InChI is InChI=1S/C15H24N4O/c1-3-20-15-10(2)14(17-9-18-15)19-7-11-4-5-13(16)6-12(11)8-19/h9,11-13H,3-8,16H2,1-2H3/t11-,12+,13?/m1/s1. The highest BCUT2D eigenvalue weighted by atomic mass is 16.5. The van der Waals surface area contributed by atoms with Gasteiger partial charge in [0.05, 0.1) is 12.2 Å². The van der Waals surface area contributed by atoms with Crippen LogP contribution in [0.25, 0.3) is 0 Å². The number of ether oxygens (including phenoxy) is 1. The summed E-state index contributed by atoms with van der Waals surface area (Å²) < 4.78 is 5.57. The molecule has 0 amide bonds. The number of hydrogen-bond donors (Lipinski definition) is 1. The van der Waals surface area contributed by atoms with Crippen molar-refractivity contribution in [1.29, 1.82) is 0 Å². The summed E-state index contributed by atoms with van der Waals surface area (Å²) in [6.45, 7) is 6.83. The fourth-order valence-corrected chi connectivity index (χ4v) is 3.67. The van der Waals surface area contributed by atoms with Gasteiger partial charge in [-0.25, -0.2) is 9.97 Å². The van der Waals surface area contributed by atoms with Crippen LogP contribution in [0.2, 0.25) is 0 Å². The van der Waals surface area contributed by atoms with Gasteiger partial charge >= 0.3 is 0 Å². The second-order valence-electron chi connectivity index (χ2n) is 6.06. The van der Waals surface area contributed by atoms with Gasteiger partial charge in [0, 0.05) is 19.1 Å². The van der Waals surface area contributed by atoms with Crippen LogP contribution in [0.3, 0.4) is 0 Å². The minimum Gasteiger partial charge on any atom is -0.478 e. The first kappa shape index (κ1) is 13.6. The van der Waals surface area contributed by atoms with Crippen LogP contribution in [0, 0.1) is 18.8 Å². The number of aromatic nitrogens is 2. The van der Waals surface area contributed by atoms with Crippen molar-refractivity contribution in [3.8, 4) is 5.88 Å². The van der Waals surface area contributed by atoms with Crippen molar-refractivity contribution in [2.75, 3.05) is 24.6 Å². The molecule has 2 heterocycles. The van der Waals surface area contributed by atoms with E-state index in [0.29, 0.717) is 18.5 Å². The van der Waals surface area contributed by atoms with E-state index in [-0.39, 0.29) is 0 Å². The molecule has 1 aliphatic heterocycles. The molecule has 1 aliphatic carbocycles. The summed E-state index contributed by atoms with van der Waals surface area (Å²) in [6, 6.07) is 0.390. The molecule has 1 unspecified atom stereocenters. The van der Waals surface area contributed by atoms with E-state index in [4.69, 9.17) is 10.5 Å². The fraction of sp³-hybridized carbons (Fsp3) is 0.733. The third kappa shape index (κ3) is 2.46. The van der Waals surface area contributed by atoms with Gasteiger partial charge < -0.3 is 15.4 Å². The van der Waals surface area contributed by atoms with Gasteiger partial charge in [0.2, 0.25) is 5.88 Å². The van der Waals surface area contributed by atoms with E-state index in [1.54, 1.807) is 6.33 Å². The van der Waals surface area contributed by atoms with Crippen molar-refractivity contribution >= 4 is 5.82 Å². The Morgan fingerprint density at radius 2 is 2.10 bits per heavy atom. The van der Waals surface area contributed by atoms with Crippen LogP contribution in [-0.2, 0) is 0 Å². The molecule has 0 radical (unpaired) electrons. The van der Waals surface area contributed by atoms with Crippen molar-refractivity contribution in [2.45, 2.75) is 39.2 Å². The van der Waals surface area contributed by atoms with Crippen LogP contribution in [0.4, 0.5) is 5.82 Å². The molecular weight excluding hydrogens is 252 g/mol. The maximum atomic E-state index is 6.10. The first-order chi connectivity index (χ1) is 9.69. The zero-order valence-electron chi connectivity index (χ0n) is 12.4. The van der Waals surface area contributed by atoms with Gasteiger partial charge in [-0.2, -0.15) is 0 Å². The van der Waals surface area contributed by atoms with Gasteiger partial charge in [0.15, 0.2) is 0 Å². The summed E-state index contributed by atoms with van der Waals surface area (Å²) in [5.74, 6) is 3.25. The summed E-state index contributed by atoms with van der Waals surface area (Å²) in [7, 11) is 0. The summed E-state index contributed by atoms with van der Waals surface area (Å²) in [4.78, 5) is 11.1. The number of hydrogen-bond acceptors (Lipinski definition) is 5. The van der Waals surface area contributed by atoms with Gasteiger partial charge in [-0.15, -0.1) is 0 Å². The Morgan fingerprint density at radius 3 is 2.90 bits per heavy atom. The van der Waals surface area contributed by atoms with Crippen LogP contribution in [0.1, 0.15) is 31.7 Å². The van der Waals surface area contributed by atoms with Gasteiger partial charge in [-0.3, -0.25) is 0 Å². The van der Waals surface area contributed by atoms with Crippen LogP contribution in [-0.4, -0.2) is 35.7 Å². The highest BCUT2D eigenvalue weighted by Crippen LogP contribution is 2.38. The Labute approximate surface area is 120 Å². The second-order valence-corrected chi connectivity index (χ2v) is 6.06. The summed E-state index contributed by atoms with van der Waals surface area (Å²) in [5.41, 5.74) is 7.16. The Morgan fingerprint density at radius 1 is 1.30 bits per heavy atom.